The summed E-state index contributed by atoms with van der Waals surface area (Å²) in [5.41, 5.74) is 0.506. The fraction of sp³-hybridized carbons (Fsp3) is 0.286. The highest BCUT2D eigenvalue weighted by atomic mass is 16.5. The minimum atomic E-state index is -0.717. The van der Waals surface area contributed by atoms with E-state index in [4.69, 9.17) is 9.47 Å². The third-order valence-electron chi connectivity index (χ3n) is 3.46. The number of carbonyl (C=O) groups excluding carboxylic acids is 2. The van der Waals surface area contributed by atoms with Crippen LogP contribution in [0.3, 0.4) is 0 Å². The molecule has 0 aliphatic carbocycles. The first kappa shape index (κ1) is 14.8. The Morgan fingerprint density at radius 1 is 1.30 bits per heavy atom. The van der Waals surface area contributed by atoms with Crippen molar-refractivity contribution in [1.82, 2.24) is 14.8 Å². The van der Waals surface area contributed by atoms with Gasteiger partial charge in [0.1, 0.15) is 23.9 Å². The van der Waals surface area contributed by atoms with Crippen LogP contribution in [0, 0.1) is 0 Å². The first-order valence-electron chi connectivity index (χ1n) is 6.84. The molecular weight excluding hydrogens is 302 g/mol. The van der Waals surface area contributed by atoms with Gasteiger partial charge in [-0.05, 0) is 0 Å². The average molecular weight is 317 g/mol. The third kappa shape index (κ3) is 2.93. The van der Waals surface area contributed by atoms with Crippen LogP contribution >= 0.6 is 0 Å². The van der Waals surface area contributed by atoms with Gasteiger partial charge in [-0.2, -0.15) is 0 Å². The average Bonchev–Trinajstić information content (AvgIpc) is 3.01. The maximum absolute atomic E-state index is 12.5. The van der Waals surface area contributed by atoms with E-state index in [1.165, 1.54) is 25.1 Å². The number of carbonyl (C=O) groups is 2. The highest BCUT2D eigenvalue weighted by Crippen LogP contribution is 2.28. The van der Waals surface area contributed by atoms with E-state index in [0.29, 0.717) is 17.2 Å². The number of nitrogens with zero attached hydrogens (tertiary/aromatic N) is 3. The number of benzene rings is 1. The Morgan fingerprint density at radius 3 is 2.65 bits per heavy atom. The molecule has 2 N–H and O–H groups in total. The number of methoxy groups -OCH3 is 2. The van der Waals surface area contributed by atoms with Crippen molar-refractivity contribution in [1.29, 1.82) is 0 Å². The van der Waals surface area contributed by atoms with Crippen LogP contribution in [0.4, 0.5) is 11.6 Å². The fourth-order valence-electron chi connectivity index (χ4n) is 2.33. The number of anilines is 2. The van der Waals surface area contributed by atoms with Gasteiger partial charge in [-0.1, -0.05) is 0 Å². The topological polar surface area (TPSA) is 107 Å². The van der Waals surface area contributed by atoms with Crippen molar-refractivity contribution in [2.45, 2.75) is 12.5 Å². The molecule has 9 nitrogen and oxygen atoms in total. The summed E-state index contributed by atoms with van der Waals surface area (Å²) in [7, 11) is 3.05. The number of amides is 2. The lowest BCUT2D eigenvalue weighted by Gasteiger charge is -2.23. The molecule has 1 aliphatic rings. The zero-order valence-electron chi connectivity index (χ0n) is 12.6. The van der Waals surface area contributed by atoms with Crippen molar-refractivity contribution in [2.75, 3.05) is 24.9 Å². The summed E-state index contributed by atoms with van der Waals surface area (Å²) in [4.78, 5) is 24.2. The molecule has 3 rings (SSSR count). The molecule has 9 heteroatoms. The van der Waals surface area contributed by atoms with Crippen molar-refractivity contribution in [3.8, 4) is 11.5 Å². The van der Waals surface area contributed by atoms with Crippen LogP contribution < -0.4 is 20.1 Å². The van der Waals surface area contributed by atoms with Crippen LogP contribution in [0.5, 0.6) is 11.5 Å². The Kier molecular flexibility index (Phi) is 3.83. The number of hydrogen-bond acceptors (Lipinski definition) is 6. The van der Waals surface area contributed by atoms with E-state index in [2.05, 4.69) is 20.8 Å². The van der Waals surface area contributed by atoms with Gasteiger partial charge >= 0.3 is 0 Å². The molecule has 1 atom stereocenters. The summed E-state index contributed by atoms with van der Waals surface area (Å²) in [6.45, 7) is 0. The largest absolute Gasteiger partial charge is 0.497 e. The third-order valence-corrected chi connectivity index (χ3v) is 3.46. The Bertz CT molecular complexity index is 735. The molecule has 120 valence electrons. The zero-order valence-corrected chi connectivity index (χ0v) is 12.6. The molecule has 23 heavy (non-hydrogen) atoms. The number of aromatic nitrogens is 3. The molecule has 0 fully saturated rings. The SMILES string of the molecule is COc1cc(NC(=O)[C@@H]2CC(=O)Nc3nncn32)cc(OC)c1. The van der Waals surface area contributed by atoms with Crippen LogP contribution in [0.25, 0.3) is 0 Å². The Balaban J connectivity index is 1.84. The van der Waals surface area contributed by atoms with E-state index >= 15 is 0 Å². The predicted molar refractivity (Wildman–Crippen MR) is 80.5 cm³/mol. The normalized spacial score (nSPS) is 16.3. The maximum atomic E-state index is 12.5. The van der Waals surface area contributed by atoms with Crippen LogP contribution in [0.15, 0.2) is 24.5 Å². The van der Waals surface area contributed by atoms with Crippen molar-refractivity contribution >= 4 is 23.5 Å². The predicted octanol–water partition coefficient (Wildman–Crippen LogP) is 0.817. The highest BCUT2D eigenvalue weighted by Gasteiger charge is 2.31. The van der Waals surface area contributed by atoms with E-state index in [-0.39, 0.29) is 24.2 Å². The molecule has 2 aromatic rings. The van der Waals surface area contributed by atoms with Crippen molar-refractivity contribution in [2.24, 2.45) is 0 Å². The molecule has 0 saturated carbocycles. The zero-order chi connectivity index (χ0) is 16.4. The standard InChI is InChI=1S/C14H15N5O4/c1-22-9-3-8(4-10(5-9)23-2)16-13(21)11-6-12(20)17-14-18-15-7-19(11)14/h3-5,7,11H,6H2,1-2H3,(H,16,21)(H,17,18,20)/t11-/m0/s1. The van der Waals surface area contributed by atoms with Gasteiger partial charge in [0.25, 0.3) is 0 Å². The van der Waals surface area contributed by atoms with E-state index in [0.717, 1.165) is 0 Å². The van der Waals surface area contributed by atoms with E-state index in [9.17, 15) is 9.59 Å². The lowest BCUT2D eigenvalue weighted by molar-refractivity contribution is -0.125. The van der Waals surface area contributed by atoms with Gasteiger partial charge in [0, 0.05) is 23.9 Å². The maximum Gasteiger partial charge on any atom is 0.248 e. The number of rotatable bonds is 4. The highest BCUT2D eigenvalue weighted by molar-refractivity contribution is 6.00. The Hall–Kier alpha value is -3.10. The monoisotopic (exact) mass is 317 g/mol. The number of hydrogen-bond donors (Lipinski definition) is 2. The minimum Gasteiger partial charge on any atom is -0.497 e. The van der Waals surface area contributed by atoms with Crippen molar-refractivity contribution in [3.05, 3.63) is 24.5 Å². The minimum absolute atomic E-state index is 0.0119. The molecule has 0 radical (unpaired) electrons. The van der Waals surface area contributed by atoms with Crippen LogP contribution in [0.1, 0.15) is 12.5 Å². The summed E-state index contributed by atoms with van der Waals surface area (Å²) in [5, 5.41) is 12.8. The molecule has 0 unspecified atom stereocenters. The van der Waals surface area contributed by atoms with Gasteiger partial charge in [-0.15, -0.1) is 10.2 Å². The molecule has 1 aliphatic heterocycles. The molecule has 1 aromatic carbocycles. The Labute approximate surface area is 131 Å². The fourth-order valence-corrected chi connectivity index (χ4v) is 2.33. The number of nitrogens with one attached hydrogen (secondary N) is 2. The molecule has 1 aromatic heterocycles. The second-order valence-electron chi connectivity index (χ2n) is 4.92. The second-order valence-corrected chi connectivity index (χ2v) is 4.92. The molecular formula is C14H15N5O4. The van der Waals surface area contributed by atoms with Crippen LogP contribution in [-0.2, 0) is 9.59 Å². The van der Waals surface area contributed by atoms with Gasteiger partial charge in [0.05, 0.1) is 20.6 Å². The van der Waals surface area contributed by atoms with Crippen molar-refractivity contribution in [3.63, 3.8) is 0 Å². The van der Waals surface area contributed by atoms with Gasteiger partial charge < -0.3 is 14.8 Å². The van der Waals surface area contributed by atoms with E-state index in [1.54, 1.807) is 18.2 Å². The summed E-state index contributed by atoms with van der Waals surface area (Å²) in [5.74, 6) is 0.715. The van der Waals surface area contributed by atoms with Gasteiger partial charge in [0.2, 0.25) is 17.8 Å². The number of fused-ring (bicyclic) bond motifs is 1. The summed E-state index contributed by atoms with van der Waals surface area (Å²) in [6, 6.07) is 4.31. The van der Waals surface area contributed by atoms with Crippen molar-refractivity contribution < 1.29 is 19.1 Å². The van der Waals surface area contributed by atoms with Gasteiger partial charge in [-0.3, -0.25) is 19.5 Å². The van der Waals surface area contributed by atoms with Gasteiger partial charge in [0.15, 0.2) is 0 Å². The second kappa shape index (κ2) is 5.95. The smallest absolute Gasteiger partial charge is 0.248 e. The van der Waals surface area contributed by atoms with E-state index in [1.807, 2.05) is 0 Å². The summed E-state index contributed by atoms with van der Waals surface area (Å²) in [6.07, 6.45) is 1.42. The van der Waals surface area contributed by atoms with Crippen LogP contribution in [0.2, 0.25) is 0 Å². The summed E-state index contributed by atoms with van der Waals surface area (Å²) >= 11 is 0. The lowest BCUT2D eigenvalue weighted by Crippen LogP contribution is -2.35. The van der Waals surface area contributed by atoms with E-state index < -0.39 is 6.04 Å². The molecule has 0 spiro atoms. The Morgan fingerprint density at radius 2 is 2.00 bits per heavy atom. The summed E-state index contributed by atoms with van der Waals surface area (Å²) < 4.78 is 11.9. The lowest BCUT2D eigenvalue weighted by atomic mass is 10.1. The molecule has 2 amide bonds. The van der Waals surface area contributed by atoms with Gasteiger partial charge in [-0.25, -0.2) is 0 Å². The first-order chi connectivity index (χ1) is 11.1. The molecule has 0 saturated heterocycles. The number of ether oxygens (including phenoxy) is 2. The first-order valence-corrected chi connectivity index (χ1v) is 6.84. The molecule has 2 heterocycles. The molecule has 0 bridgehead atoms. The quantitative estimate of drug-likeness (QED) is 0.864. The van der Waals surface area contributed by atoms with Crippen LogP contribution in [-0.4, -0.2) is 40.8 Å².